The summed E-state index contributed by atoms with van der Waals surface area (Å²) in [6.45, 7) is 3.32. The molecule has 0 radical (unpaired) electrons. The minimum absolute atomic E-state index is 0.0150. The number of ether oxygens (including phenoxy) is 1. The lowest BCUT2D eigenvalue weighted by Crippen LogP contribution is -2.34. The molecule has 5 nitrogen and oxygen atoms in total. The summed E-state index contributed by atoms with van der Waals surface area (Å²) in [5, 5.41) is 16.1. The third-order valence-electron chi connectivity index (χ3n) is 2.72. The zero-order valence-corrected chi connectivity index (χ0v) is 10.8. The zero-order valence-electron chi connectivity index (χ0n) is 10.00. The van der Waals surface area contributed by atoms with Crippen LogP contribution in [0.2, 0.25) is 5.02 Å². The van der Waals surface area contributed by atoms with E-state index in [0.717, 1.165) is 6.54 Å². The van der Waals surface area contributed by atoms with E-state index in [1.54, 1.807) is 6.07 Å². The molecule has 0 aliphatic carbocycles. The van der Waals surface area contributed by atoms with Gasteiger partial charge >= 0.3 is 0 Å². The number of hydrogen-bond acceptors (Lipinski definition) is 4. The first-order valence-corrected chi connectivity index (χ1v) is 6.08. The molecule has 0 saturated carbocycles. The maximum Gasteiger partial charge on any atom is 0.221 e. The largest absolute Gasteiger partial charge is 0.506 e. The van der Waals surface area contributed by atoms with Crippen molar-refractivity contribution in [1.82, 2.24) is 5.32 Å². The Morgan fingerprint density at radius 1 is 1.61 bits per heavy atom. The molecule has 1 heterocycles. The zero-order chi connectivity index (χ0) is 13.1. The summed E-state index contributed by atoms with van der Waals surface area (Å²) in [7, 11) is 0. The highest BCUT2D eigenvalue weighted by Crippen LogP contribution is 2.38. The van der Waals surface area contributed by atoms with Crippen molar-refractivity contribution in [2.75, 3.05) is 25.0 Å². The fraction of sp³-hybridized carbons (Fsp3) is 0.417. The number of rotatable bonds is 2. The molecule has 0 aromatic heterocycles. The van der Waals surface area contributed by atoms with Gasteiger partial charge in [0.05, 0.1) is 18.4 Å². The summed E-state index contributed by atoms with van der Waals surface area (Å²) < 4.78 is 5.61. The summed E-state index contributed by atoms with van der Waals surface area (Å²) >= 11 is 6.15. The van der Waals surface area contributed by atoms with Crippen molar-refractivity contribution in [3.63, 3.8) is 0 Å². The second kappa shape index (κ2) is 5.56. The number of phenolic OH excluding ortho intramolecular Hbond substituents is 1. The summed E-state index contributed by atoms with van der Waals surface area (Å²) in [4.78, 5) is 11.2. The van der Waals surface area contributed by atoms with E-state index < -0.39 is 0 Å². The van der Waals surface area contributed by atoms with Gasteiger partial charge in [0.1, 0.15) is 5.75 Å². The van der Waals surface area contributed by atoms with E-state index in [0.29, 0.717) is 29.4 Å². The highest BCUT2D eigenvalue weighted by molar-refractivity contribution is 6.32. The first-order chi connectivity index (χ1) is 8.59. The fourth-order valence-electron chi connectivity index (χ4n) is 1.96. The summed E-state index contributed by atoms with van der Waals surface area (Å²) in [5.41, 5.74) is 0.933. The van der Waals surface area contributed by atoms with Crippen LogP contribution in [0.15, 0.2) is 12.1 Å². The average molecular weight is 271 g/mol. The number of carbonyl (C=O) groups is 1. The van der Waals surface area contributed by atoms with Crippen molar-refractivity contribution in [3.8, 4) is 5.75 Å². The molecular formula is C12H15ClN2O3. The third-order valence-corrected chi connectivity index (χ3v) is 3.05. The van der Waals surface area contributed by atoms with E-state index >= 15 is 0 Å². The van der Waals surface area contributed by atoms with Crippen LogP contribution in [-0.2, 0) is 9.53 Å². The van der Waals surface area contributed by atoms with Crippen molar-refractivity contribution in [2.45, 2.75) is 13.0 Å². The van der Waals surface area contributed by atoms with Gasteiger partial charge in [-0.1, -0.05) is 11.6 Å². The number of morpholine rings is 1. The molecule has 0 spiro atoms. The van der Waals surface area contributed by atoms with Crippen molar-refractivity contribution in [3.05, 3.63) is 22.7 Å². The van der Waals surface area contributed by atoms with E-state index in [9.17, 15) is 9.90 Å². The average Bonchev–Trinajstić information content (AvgIpc) is 2.35. The third kappa shape index (κ3) is 2.75. The van der Waals surface area contributed by atoms with Crippen LogP contribution in [-0.4, -0.2) is 30.7 Å². The Bertz CT molecular complexity index is 459. The minimum atomic E-state index is -0.278. The van der Waals surface area contributed by atoms with Crippen molar-refractivity contribution >= 4 is 23.2 Å². The molecule has 18 heavy (non-hydrogen) atoms. The van der Waals surface area contributed by atoms with Crippen LogP contribution in [0.4, 0.5) is 5.69 Å². The van der Waals surface area contributed by atoms with Crippen LogP contribution in [0, 0.1) is 0 Å². The second-order valence-corrected chi connectivity index (χ2v) is 4.51. The molecule has 1 aliphatic heterocycles. The molecular weight excluding hydrogens is 256 g/mol. The molecule has 6 heteroatoms. The maximum atomic E-state index is 11.2. The molecule has 1 aromatic rings. The monoisotopic (exact) mass is 270 g/mol. The molecule has 98 valence electrons. The smallest absolute Gasteiger partial charge is 0.221 e. The van der Waals surface area contributed by atoms with E-state index in [1.165, 1.54) is 13.0 Å². The van der Waals surface area contributed by atoms with Gasteiger partial charge in [0.25, 0.3) is 0 Å². The molecule has 1 fully saturated rings. The van der Waals surface area contributed by atoms with Gasteiger partial charge in [-0.05, 0) is 12.1 Å². The topological polar surface area (TPSA) is 70.6 Å². The predicted octanol–water partition coefficient (Wildman–Crippen LogP) is 1.66. The molecule has 1 amide bonds. The molecule has 3 N–H and O–H groups in total. The van der Waals surface area contributed by atoms with Gasteiger partial charge in [-0.2, -0.15) is 0 Å². The lowest BCUT2D eigenvalue weighted by atomic mass is 10.0. The number of nitrogens with one attached hydrogen (secondary N) is 2. The van der Waals surface area contributed by atoms with Gasteiger partial charge in [-0.3, -0.25) is 4.79 Å². The number of anilines is 1. The van der Waals surface area contributed by atoms with Gasteiger partial charge in [-0.15, -0.1) is 0 Å². The van der Waals surface area contributed by atoms with Crippen LogP contribution < -0.4 is 10.6 Å². The van der Waals surface area contributed by atoms with Crippen molar-refractivity contribution in [1.29, 1.82) is 0 Å². The molecule has 1 saturated heterocycles. The number of phenols is 1. The van der Waals surface area contributed by atoms with Crippen LogP contribution in [0.1, 0.15) is 18.6 Å². The summed E-state index contributed by atoms with van der Waals surface area (Å²) in [6.07, 6.45) is -0.278. The molecule has 1 atom stereocenters. The quantitative estimate of drug-likeness (QED) is 0.715. The first-order valence-electron chi connectivity index (χ1n) is 5.71. The van der Waals surface area contributed by atoms with E-state index in [2.05, 4.69) is 10.6 Å². The Morgan fingerprint density at radius 2 is 2.39 bits per heavy atom. The van der Waals surface area contributed by atoms with Crippen LogP contribution in [0.3, 0.4) is 0 Å². The van der Waals surface area contributed by atoms with Gasteiger partial charge in [0, 0.05) is 30.6 Å². The fourth-order valence-corrected chi connectivity index (χ4v) is 2.23. The summed E-state index contributed by atoms with van der Waals surface area (Å²) in [5.74, 6) is -0.281. The Kier molecular flexibility index (Phi) is 4.06. The first kappa shape index (κ1) is 13.1. The maximum absolute atomic E-state index is 11.2. The highest BCUT2D eigenvalue weighted by Gasteiger charge is 2.24. The Balaban J connectivity index is 2.41. The Hall–Kier alpha value is -1.30. The number of halogens is 1. The molecule has 1 aliphatic rings. The molecule has 2 rings (SSSR count). The normalized spacial score (nSPS) is 19.6. The van der Waals surface area contributed by atoms with Gasteiger partial charge in [-0.25, -0.2) is 0 Å². The van der Waals surface area contributed by atoms with Crippen molar-refractivity contribution in [2.24, 2.45) is 0 Å². The lowest BCUT2D eigenvalue weighted by Gasteiger charge is -2.27. The van der Waals surface area contributed by atoms with Crippen LogP contribution in [0.25, 0.3) is 0 Å². The van der Waals surface area contributed by atoms with Gasteiger partial charge < -0.3 is 20.5 Å². The number of aromatic hydroxyl groups is 1. The number of hydrogen-bond donors (Lipinski definition) is 3. The SMILES string of the molecule is CC(=O)Nc1c(O)ccc(Cl)c1C1CNCCO1. The molecule has 1 aromatic carbocycles. The second-order valence-electron chi connectivity index (χ2n) is 4.10. The van der Waals surface area contributed by atoms with E-state index in [-0.39, 0.29) is 17.8 Å². The highest BCUT2D eigenvalue weighted by atomic mass is 35.5. The van der Waals surface area contributed by atoms with Gasteiger partial charge in [0.2, 0.25) is 5.91 Å². The molecule has 0 bridgehead atoms. The Morgan fingerprint density at radius 3 is 3.00 bits per heavy atom. The predicted molar refractivity (Wildman–Crippen MR) is 69.0 cm³/mol. The number of carbonyl (C=O) groups excluding carboxylic acids is 1. The standard InChI is InChI=1S/C12H15ClN2O3/c1-7(16)15-12-9(17)3-2-8(13)11(12)10-6-14-4-5-18-10/h2-3,10,14,17H,4-6H2,1H3,(H,15,16). The van der Waals surface area contributed by atoms with E-state index in [1.807, 2.05) is 0 Å². The van der Waals surface area contributed by atoms with Crippen LogP contribution in [0.5, 0.6) is 5.75 Å². The lowest BCUT2D eigenvalue weighted by molar-refractivity contribution is -0.114. The van der Waals surface area contributed by atoms with E-state index in [4.69, 9.17) is 16.3 Å². The molecule has 1 unspecified atom stereocenters. The van der Waals surface area contributed by atoms with Crippen molar-refractivity contribution < 1.29 is 14.6 Å². The number of amides is 1. The van der Waals surface area contributed by atoms with Gasteiger partial charge in [0.15, 0.2) is 0 Å². The minimum Gasteiger partial charge on any atom is -0.506 e. The van der Waals surface area contributed by atoms with Crippen LogP contribution >= 0.6 is 11.6 Å². The number of benzene rings is 1. The summed E-state index contributed by atoms with van der Waals surface area (Å²) in [6, 6.07) is 3.04. The Labute approximate surface area is 110 Å².